The van der Waals surface area contributed by atoms with Crippen LogP contribution in [0.4, 0.5) is 5.69 Å². The van der Waals surface area contributed by atoms with Gasteiger partial charge in [-0.15, -0.1) is 0 Å². The van der Waals surface area contributed by atoms with Crippen LogP contribution in [-0.4, -0.2) is 24.4 Å². The Morgan fingerprint density at radius 1 is 1.50 bits per heavy atom. The predicted molar refractivity (Wildman–Crippen MR) is 69.4 cm³/mol. The molecule has 18 heavy (non-hydrogen) atoms. The molecule has 1 unspecified atom stereocenters. The molecule has 1 aliphatic rings. The van der Waals surface area contributed by atoms with Crippen LogP contribution in [0.5, 0.6) is 0 Å². The first-order valence-corrected chi connectivity index (χ1v) is 6.02. The van der Waals surface area contributed by atoms with Crippen molar-refractivity contribution in [2.24, 2.45) is 5.73 Å². The molecule has 1 atom stereocenters. The van der Waals surface area contributed by atoms with E-state index < -0.39 is 5.91 Å². The average Bonchev–Trinajstić information content (AvgIpc) is 2.74. The van der Waals surface area contributed by atoms with Gasteiger partial charge in [-0.25, -0.2) is 0 Å². The van der Waals surface area contributed by atoms with Gasteiger partial charge in [0, 0.05) is 30.3 Å². The maximum Gasteiger partial charge on any atom is 0.251 e. The Kier molecular flexibility index (Phi) is 3.50. The fourth-order valence-electron chi connectivity index (χ4n) is 2.09. The number of amides is 2. The van der Waals surface area contributed by atoms with Crippen molar-refractivity contribution >= 4 is 17.5 Å². The topological polar surface area (TPSA) is 84.2 Å². The molecule has 1 aliphatic heterocycles. The van der Waals surface area contributed by atoms with Gasteiger partial charge in [0.05, 0.1) is 0 Å². The maximum absolute atomic E-state index is 11.9. The summed E-state index contributed by atoms with van der Waals surface area (Å²) >= 11 is 0. The largest absolute Gasteiger partial charge is 0.384 e. The number of carbonyl (C=O) groups is 2. The number of hydrogen-bond donors (Lipinski definition) is 3. The Balaban J connectivity index is 2.03. The molecule has 2 rings (SSSR count). The minimum atomic E-state index is -0.418. The molecule has 1 aromatic rings. The fourth-order valence-corrected chi connectivity index (χ4v) is 2.09. The SMILES string of the molecule is CC(CC(N)=O)NC(=O)c1ccc2c(c1)NCC2. The predicted octanol–water partition coefficient (Wildman–Crippen LogP) is 0.648. The first-order valence-electron chi connectivity index (χ1n) is 6.02. The first kappa shape index (κ1) is 12.4. The zero-order chi connectivity index (χ0) is 13.1. The Hall–Kier alpha value is -2.04. The van der Waals surface area contributed by atoms with Gasteiger partial charge in [-0.2, -0.15) is 0 Å². The van der Waals surface area contributed by atoms with E-state index in [9.17, 15) is 9.59 Å². The van der Waals surface area contributed by atoms with Crippen LogP contribution < -0.4 is 16.4 Å². The monoisotopic (exact) mass is 247 g/mol. The molecule has 0 aliphatic carbocycles. The van der Waals surface area contributed by atoms with E-state index in [1.165, 1.54) is 5.56 Å². The van der Waals surface area contributed by atoms with Crippen molar-refractivity contribution in [2.45, 2.75) is 25.8 Å². The second kappa shape index (κ2) is 5.08. The van der Waals surface area contributed by atoms with E-state index in [2.05, 4.69) is 10.6 Å². The van der Waals surface area contributed by atoms with E-state index in [1.807, 2.05) is 12.1 Å². The van der Waals surface area contributed by atoms with E-state index >= 15 is 0 Å². The molecule has 0 radical (unpaired) electrons. The van der Waals surface area contributed by atoms with Crippen LogP contribution >= 0.6 is 0 Å². The normalized spacial score (nSPS) is 14.5. The Bertz CT molecular complexity index is 485. The van der Waals surface area contributed by atoms with Crippen LogP contribution in [0.3, 0.4) is 0 Å². The van der Waals surface area contributed by atoms with Crippen molar-refractivity contribution in [3.05, 3.63) is 29.3 Å². The first-order chi connectivity index (χ1) is 8.56. The van der Waals surface area contributed by atoms with Crippen molar-refractivity contribution in [3.8, 4) is 0 Å². The summed E-state index contributed by atoms with van der Waals surface area (Å²) in [6.45, 7) is 2.67. The summed E-state index contributed by atoms with van der Waals surface area (Å²) in [5.74, 6) is -0.598. The van der Waals surface area contributed by atoms with Gasteiger partial charge in [0.1, 0.15) is 0 Å². The molecule has 5 heteroatoms. The van der Waals surface area contributed by atoms with Gasteiger partial charge in [0.25, 0.3) is 5.91 Å². The van der Waals surface area contributed by atoms with Crippen LogP contribution in [0.15, 0.2) is 18.2 Å². The number of rotatable bonds is 4. The molecule has 2 amide bonds. The van der Waals surface area contributed by atoms with Gasteiger partial charge in [0.2, 0.25) is 5.91 Å². The second-order valence-corrected chi connectivity index (χ2v) is 4.59. The highest BCUT2D eigenvalue weighted by atomic mass is 16.2. The fraction of sp³-hybridized carbons (Fsp3) is 0.385. The molecule has 0 aromatic heterocycles. The highest BCUT2D eigenvalue weighted by Crippen LogP contribution is 2.23. The van der Waals surface area contributed by atoms with Crippen LogP contribution in [0, 0.1) is 0 Å². The zero-order valence-electron chi connectivity index (χ0n) is 10.3. The molecule has 0 saturated heterocycles. The molecule has 5 nitrogen and oxygen atoms in total. The van der Waals surface area contributed by atoms with E-state index in [4.69, 9.17) is 5.73 Å². The highest BCUT2D eigenvalue weighted by Gasteiger charge is 2.15. The molecule has 96 valence electrons. The molecule has 4 N–H and O–H groups in total. The number of benzene rings is 1. The third-order valence-electron chi connectivity index (χ3n) is 2.97. The molecular formula is C13H17N3O2. The lowest BCUT2D eigenvalue weighted by Gasteiger charge is -2.12. The number of primary amides is 1. The summed E-state index contributed by atoms with van der Waals surface area (Å²) in [4.78, 5) is 22.7. The van der Waals surface area contributed by atoms with E-state index in [0.717, 1.165) is 18.7 Å². The lowest BCUT2D eigenvalue weighted by Crippen LogP contribution is -2.35. The number of nitrogens with one attached hydrogen (secondary N) is 2. The van der Waals surface area contributed by atoms with Gasteiger partial charge in [0.15, 0.2) is 0 Å². The van der Waals surface area contributed by atoms with Gasteiger partial charge in [-0.3, -0.25) is 9.59 Å². The lowest BCUT2D eigenvalue weighted by atomic mass is 10.1. The van der Waals surface area contributed by atoms with Gasteiger partial charge in [-0.05, 0) is 31.0 Å². The highest BCUT2D eigenvalue weighted by molar-refractivity contribution is 5.96. The minimum absolute atomic E-state index is 0.148. The number of fused-ring (bicyclic) bond motifs is 1. The summed E-state index contributed by atoms with van der Waals surface area (Å²) in [5, 5.41) is 5.98. The average molecular weight is 247 g/mol. The standard InChI is InChI=1S/C13H17N3O2/c1-8(6-12(14)17)16-13(18)10-3-2-9-4-5-15-11(9)7-10/h2-3,7-8,15H,4-6H2,1H3,(H2,14,17)(H,16,18). The van der Waals surface area contributed by atoms with Gasteiger partial charge >= 0.3 is 0 Å². The number of hydrogen-bond acceptors (Lipinski definition) is 3. The third kappa shape index (κ3) is 2.80. The summed E-state index contributed by atoms with van der Waals surface area (Å²) < 4.78 is 0. The number of carbonyl (C=O) groups excluding carboxylic acids is 2. The lowest BCUT2D eigenvalue weighted by molar-refractivity contribution is -0.118. The van der Waals surface area contributed by atoms with Crippen molar-refractivity contribution in [3.63, 3.8) is 0 Å². The van der Waals surface area contributed by atoms with Crippen molar-refractivity contribution in [1.82, 2.24) is 5.32 Å². The van der Waals surface area contributed by atoms with Crippen molar-refractivity contribution in [1.29, 1.82) is 0 Å². The van der Waals surface area contributed by atoms with Crippen LogP contribution in [-0.2, 0) is 11.2 Å². The summed E-state index contributed by atoms with van der Waals surface area (Å²) in [7, 11) is 0. The van der Waals surface area contributed by atoms with E-state index in [-0.39, 0.29) is 18.4 Å². The maximum atomic E-state index is 11.9. The van der Waals surface area contributed by atoms with Crippen LogP contribution in [0.2, 0.25) is 0 Å². The van der Waals surface area contributed by atoms with Crippen LogP contribution in [0.1, 0.15) is 29.3 Å². The molecule has 0 spiro atoms. The van der Waals surface area contributed by atoms with Crippen molar-refractivity contribution in [2.75, 3.05) is 11.9 Å². The van der Waals surface area contributed by atoms with Gasteiger partial charge < -0.3 is 16.4 Å². The molecule has 0 bridgehead atoms. The summed E-state index contributed by atoms with van der Waals surface area (Å²) in [5.41, 5.74) is 7.93. The number of nitrogens with two attached hydrogens (primary N) is 1. The van der Waals surface area contributed by atoms with Gasteiger partial charge in [-0.1, -0.05) is 6.07 Å². The zero-order valence-corrected chi connectivity index (χ0v) is 10.3. The summed E-state index contributed by atoms with van der Waals surface area (Å²) in [6, 6.07) is 5.35. The molecular weight excluding hydrogens is 230 g/mol. The molecule has 0 fully saturated rings. The minimum Gasteiger partial charge on any atom is -0.384 e. The van der Waals surface area contributed by atoms with Crippen LogP contribution in [0.25, 0.3) is 0 Å². The Morgan fingerprint density at radius 2 is 2.28 bits per heavy atom. The molecule has 0 saturated carbocycles. The van der Waals surface area contributed by atoms with Crippen molar-refractivity contribution < 1.29 is 9.59 Å². The Labute approximate surface area is 106 Å². The molecule has 1 aromatic carbocycles. The molecule has 1 heterocycles. The van der Waals surface area contributed by atoms with E-state index in [0.29, 0.717) is 5.56 Å². The Morgan fingerprint density at radius 3 is 3.00 bits per heavy atom. The second-order valence-electron chi connectivity index (χ2n) is 4.59. The quantitative estimate of drug-likeness (QED) is 0.730. The van der Waals surface area contributed by atoms with E-state index in [1.54, 1.807) is 13.0 Å². The third-order valence-corrected chi connectivity index (χ3v) is 2.97. The smallest absolute Gasteiger partial charge is 0.251 e. The summed E-state index contributed by atoms with van der Waals surface area (Å²) in [6.07, 6.45) is 1.14. The number of anilines is 1.